The van der Waals surface area contributed by atoms with Gasteiger partial charge in [-0.3, -0.25) is 0 Å². The third-order valence-corrected chi connectivity index (χ3v) is 18.0. The first-order valence-corrected chi connectivity index (χ1v) is 29.2. The van der Waals surface area contributed by atoms with Gasteiger partial charge in [-0.05, 0) is 174 Å². The standard InChI is InChI=1S/C72H85BN3S/c1-66(2,3)46-20-29-51(30-21-46)74(52-31-22-47(23-32-52)67(4,5)6)55-41-61-65(62(42-55)76(54-35-26-49(27-36-54)69(10,11)12)63-45-77-64-37-28-50(40-56(63)64)70(13,14)15)73-59-43-57-58(72(18,19)39-38-71(57,16)17)44-60(59)75(61)53-33-24-48(25-34-53)68(7,8)9/h20-37,40-45H,38-39H2,1-19H3. The zero-order valence-electron chi connectivity index (χ0n) is 50.1. The molecule has 10 rings (SSSR count). The monoisotopic (exact) mass is 1030 g/mol. The molecule has 77 heavy (non-hydrogen) atoms. The minimum Gasteiger partial charge on any atom is -0.311 e. The molecule has 0 saturated heterocycles. The van der Waals surface area contributed by atoms with Gasteiger partial charge in [0.05, 0.1) is 11.4 Å². The number of thiophene rings is 1. The fourth-order valence-corrected chi connectivity index (χ4v) is 12.6. The van der Waals surface area contributed by atoms with E-state index in [9.17, 15) is 0 Å². The molecule has 0 fully saturated rings. The van der Waals surface area contributed by atoms with E-state index in [1.54, 1.807) is 0 Å². The Hall–Kier alpha value is -6.04. The highest BCUT2D eigenvalue weighted by Crippen LogP contribution is 2.52. The van der Waals surface area contributed by atoms with Gasteiger partial charge in [-0.1, -0.05) is 198 Å². The quantitative estimate of drug-likeness (QED) is 0.147. The number of anilines is 9. The van der Waals surface area contributed by atoms with Gasteiger partial charge in [-0.15, -0.1) is 11.3 Å². The van der Waals surface area contributed by atoms with Gasteiger partial charge < -0.3 is 14.7 Å². The van der Waals surface area contributed by atoms with E-state index in [0.29, 0.717) is 0 Å². The largest absolute Gasteiger partial charge is 0.311 e. The Morgan fingerprint density at radius 2 is 0.831 bits per heavy atom. The van der Waals surface area contributed by atoms with E-state index < -0.39 is 0 Å². The van der Waals surface area contributed by atoms with E-state index in [4.69, 9.17) is 0 Å². The van der Waals surface area contributed by atoms with Crippen LogP contribution in [0, 0.1) is 0 Å². The van der Waals surface area contributed by atoms with Crippen LogP contribution in [0.3, 0.4) is 0 Å². The van der Waals surface area contributed by atoms with Crippen LogP contribution < -0.4 is 25.6 Å². The van der Waals surface area contributed by atoms with Gasteiger partial charge in [0.1, 0.15) is 0 Å². The fourth-order valence-electron chi connectivity index (χ4n) is 11.7. The summed E-state index contributed by atoms with van der Waals surface area (Å²) < 4.78 is 1.28. The van der Waals surface area contributed by atoms with E-state index in [1.165, 1.54) is 71.3 Å². The topological polar surface area (TPSA) is 9.72 Å². The number of rotatable bonds is 7. The molecular formula is C72H85BN3S. The summed E-state index contributed by atoms with van der Waals surface area (Å²) in [5.74, 6) is 0. The average Bonchev–Trinajstić information content (AvgIpc) is 3.79. The molecule has 3 nitrogen and oxygen atoms in total. The number of nitrogens with zero attached hydrogens (tertiary/aromatic N) is 3. The predicted octanol–water partition coefficient (Wildman–Crippen LogP) is 20.1. The van der Waals surface area contributed by atoms with Gasteiger partial charge in [-0.2, -0.15) is 0 Å². The molecule has 2 heterocycles. The SMILES string of the molecule is CC(C)(C)c1ccc(N(c2ccc(C(C)(C)C)cc2)c2cc3c(c(N(c4ccc(C(C)(C)C)cc4)c4csc5ccc(C(C)(C)C)cc45)c2)[B]c2cc4c(cc2N3c2ccc(C(C)(C)C)cc2)C(C)(C)CCC4(C)C)cc1. The first kappa shape index (κ1) is 54.3. The second-order valence-electron chi connectivity index (χ2n) is 29.0. The Morgan fingerprint density at radius 1 is 0.416 bits per heavy atom. The van der Waals surface area contributed by atoms with Crippen molar-refractivity contribution in [2.75, 3.05) is 14.7 Å². The molecular weight excluding hydrogens is 950 g/mol. The van der Waals surface area contributed by atoms with E-state index >= 15 is 0 Å². The van der Waals surface area contributed by atoms with Crippen LogP contribution in [-0.4, -0.2) is 7.28 Å². The minimum atomic E-state index is -0.0285. The molecule has 397 valence electrons. The van der Waals surface area contributed by atoms with Gasteiger partial charge in [-0.25, -0.2) is 0 Å². The number of benzene rings is 7. The molecule has 0 unspecified atom stereocenters. The van der Waals surface area contributed by atoms with Crippen molar-refractivity contribution in [3.8, 4) is 0 Å². The lowest BCUT2D eigenvalue weighted by Crippen LogP contribution is -2.44. The van der Waals surface area contributed by atoms with Crippen LogP contribution >= 0.6 is 11.3 Å². The van der Waals surface area contributed by atoms with Crippen molar-refractivity contribution in [3.05, 3.63) is 184 Å². The van der Waals surface area contributed by atoms with Crippen LogP contribution in [0.4, 0.5) is 51.2 Å². The van der Waals surface area contributed by atoms with Crippen molar-refractivity contribution in [1.29, 1.82) is 0 Å². The van der Waals surface area contributed by atoms with Crippen LogP contribution in [0.25, 0.3) is 10.1 Å². The third kappa shape index (κ3) is 10.3. The van der Waals surface area contributed by atoms with Crippen molar-refractivity contribution < 1.29 is 0 Å². The van der Waals surface area contributed by atoms with Crippen LogP contribution in [0.15, 0.2) is 145 Å². The van der Waals surface area contributed by atoms with Crippen molar-refractivity contribution in [3.63, 3.8) is 0 Å². The lowest BCUT2D eigenvalue weighted by atomic mass is 9.55. The predicted molar refractivity (Wildman–Crippen MR) is 340 cm³/mol. The third-order valence-electron chi connectivity index (χ3n) is 17.0. The summed E-state index contributed by atoms with van der Waals surface area (Å²) in [6.45, 7) is 44.5. The number of hydrogen-bond acceptors (Lipinski definition) is 4. The van der Waals surface area contributed by atoms with Crippen LogP contribution in [-0.2, 0) is 37.9 Å². The molecule has 1 radical (unpaired) electrons. The summed E-state index contributed by atoms with van der Waals surface area (Å²) >= 11 is 1.84. The molecule has 5 heteroatoms. The zero-order chi connectivity index (χ0) is 55.6. The van der Waals surface area contributed by atoms with E-state index in [-0.39, 0.29) is 37.9 Å². The van der Waals surface area contributed by atoms with Crippen molar-refractivity contribution >= 4 is 90.8 Å². The van der Waals surface area contributed by atoms with Crippen LogP contribution in [0.2, 0.25) is 0 Å². The molecule has 0 spiro atoms. The Bertz CT molecular complexity index is 3430. The van der Waals surface area contributed by atoms with Crippen LogP contribution in [0.5, 0.6) is 0 Å². The highest BCUT2D eigenvalue weighted by Gasteiger charge is 2.41. The number of hydrogen-bond donors (Lipinski definition) is 0. The molecule has 7 aromatic carbocycles. The molecule has 1 aliphatic heterocycles. The number of fused-ring (bicyclic) bond motifs is 4. The summed E-state index contributed by atoms with van der Waals surface area (Å²) in [6.07, 6.45) is 2.30. The molecule has 8 aromatic rings. The molecule has 1 aliphatic carbocycles. The lowest BCUT2D eigenvalue weighted by molar-refractivity contribution is 0.332. The van der Waals surface area contributed by atoms with E-state index in [1.807, 2.05) is 11.3 Å². The van der Waals surface area contributed by atoms with Crippen LogP contribution in [0.1, 0.15) is 183 Å². The average molecular weight is 1040 g/mol. The van der Waals surface area contributed by atoms with Crippen molar-refractivity contribution in [2.45, 2.75) is 182 Å². The first-order chi connectivity index (χ1) is 35.8. The lowest BCUT2D eigenvalue weighted by Gasteiger charge is -2.45. The molecule has 0 amide bonds. The summed E-state index contributed by atoms with van der Waals surface area (Å²) in [5, 5.41) is 3.67. The molecule has 1 aromatic heterocycles. The Morgan fingerprint density at radius 3 is 1.29 bits per heavy atom. The zero-order valence-corrected chi connectivity index (χ0v) is 50.9. The van der Waals surface area contributed by atoms with Crippen molar-refractivity contribution in [1.82, 2.24) is 0 Å². The maximum absolute atomic E-state index is 2.61. The smallest absolute Gasteiger partial charge is 0.199 e. The molecule has 0 atom stereocenters. The Kier molecular flexibility index (Phi) is 13.3. The second kappa shape index (κ2) is 18.8. The minimum absolute atomic E-state index is 0.00379. The summed E-state index contributed by atoms with van der Waals surface area (Å²) in [6, 6.07) is 54.8. The maximum Gasteiger partial charge on any atom is 0.199 e. The Balaban J connectivity index is 1.35. The summed E-state index contributed by atoms with van der Waals surface area (Å²) in [5.41, 5.74) is 22.2. The molecule has 2 aliphatic rings. The van der Waals surface area contributed by atoms with Gasteiger partial charge in [0.25, 0.3) is 0 Å². The normalized spacial score (nSPS) is 15.4. The van der Waals surface area contributed by atoms with E-state index in [2.05, 4.69) is 298 Å². The van der Waals surface area contributed by atoms with Crippen molar-refractivity contribution in [2.24, 2.45) is 0 Å². The maximum atomic E-state index is 2.61. The summed E-state index contributed by atoms with van der Waals surface area (Å²) in [4.78, 5) is 7.70. The Labute approximate surface area is 469 Å². The highest BCUT2D eigenvalue weighted by atomic mass is 32.1. The molecule has 0 saturated carbocycles. The highest BCUT2D eigenvalue weighted by molar-refractivity contribution is 7.17. The van der Waals surface area contributed by atoms with Gasteiger partial charge >= 0.3 is 0 Å². The fraction of sp³-hybridized carbons (Fsp3) is 0.389. The summed E-state index contributed by atoms with van der Waals surface area (Å²) in [7, 11) is 2.54. The van der Waals surface area contributed by atoms with E-state index in [0.717, 1.165) is 52.7 Å². The van der Waals surface area contributed by atoms with Gasteiger partial charge in [0.2, 0.25) is 0 Å². The first-order valence-electron chi connectivity index (χ1n) is 28.4. The van der Waals surface area contributed by atoms with Gasteiger partial charge in [0.15, 0.2) is 7.28 Å². The van der Waals surface area contributed by atoms with Gasteiger partial charge in [0, 0.05) is 55.3 Å². The molecule has 0 N–H and O–H groups in total. The second-order valence-corrected chi connectivity index (χ2v) is 30.0. The molecule has 0 bridgehead atoms.